The summed E-state index contributed by atoms with van der Waals surface area (Å²) in [7, 11) is 0. The van der Waals surface area contributed by atoms with Gasteiger partial charge in [0.15, 0.2) is 0 Å². The van der Waals surface area contributed by atoms with Crippen LogP contribution >= 0.6 is 22.9 Å². The first-order valence-corrected chi connectivity index (χ1v) is 9.68. The molecule has 0 saturated carbocycles. The Morgan fingerprint density at radius 1 is 1.54 bits per heavy atom. The van der Waals surface area contributed by atoms with Crippen molar-refractivity contribution in [2.45, 2.75) is 33.1 Å². The third-order valence-corrected chi connectivity index (χ3v) is 5.78. The van der Waals surface area contributed by atoms with Crippen molar-refractivity contribution >= 4 is 28.8 Å². The van der Waals surface area contributed by atoms with Gasteiger partial charge in [0.2, 0.25) is 17.6 Å². The van der Waals surface area contributed by atoms with E-state index in [-0.39, 0.29) is 5.91 Å². The van der Waals surface area contributed by atoms with Gasteiger partial charge in [0.1, 0.15) is 0 Å². The van der Waals surface area contributed by atoms with Gasteiger partial charge in [-0.25, -0.2) is 0 Å². The van der Waals surface area contributed by atoms with E-state index in [1.807, 2.05) is 35.6 Å². The number of likely N-dealkylation sites (tertiary alicyclic amines) is 1. The summed E-state index contributed by atoms with van der Waals surface area (Å²) < 4.78 is 5.39. The van der Waals surface area contributed by atoms with Gasteiger partial charge in [0.05, 0.1) is 5.41 Å². The predicted octanol–water partition coefficient (Wildman–Crippen LogP) is 3.84. The molecule has 24 heavy (non-hydrogen) atoms. The number of aromatic nitrogens is 2. The highest BCUT2D eigenvalue weighted by Gasteiger charge is 2.34. The van der Waals surface area contributed by atoms with Crippen molar-refractivity contribution in [2.24, 2.45) is 11.3 Å². The summed E-state index contributed by atoms with van der Waals surface area (Å²) in [5.74, 6) is 2.10. The van der Waals surface area contributed by atoms with Crippen LogP contribution in [-0.4, -0.2) is 39.9 Å². The highest BCUT2D eigenvalue weighted by atomic mass is 35.5. The molecule has 5 nitrogen and oxygen atoms in total. The molecule has 3 heterocycles. The van der Waals surface area contributed by atoms with Crippen LogP contribution in [0.2, 0.25) is 0 Å². The average molecular weight is 368 g/mol. The van der Waals surface area contributed by atoms with E-state index in [0.717, 1.165) is 31.5 Å². The molecule has 1 aliphatic heterocycles. The molecule has 1 unspecified atom stereocenters. The number of hydrogen-bond acceptors (Lipinski definition) is 5. The third-order valence-electron chi connectivity index (χ3n) is 4.43. The van der Waals surface area contributed by atoms with Gasteiger partial charge < -0.3 is 9.42 Å². The van der Waals surface area contributed by atoms with E-state index in [1.165, 1.54) is 0 Å². The van der Waals surface area contributed by atoms with Crippen molar-refractivity contribution in [1.29, 1.82) is 0 Å². The van der Waals surface area contributed by atoms with E-state index in [1.54, 1.807) is 11.3 Å². The highest BCUT2D eigenvalue weighted by molar-refractivity contribution is 7.08. The Bertz CT molecular complexity index is 684. The lowest BCUT2D eigenvalue weighted by Gasteiger charge is -2.36. The van der Waals surface area contributed by atoms with Crippen molar-refractivity contribution in [3.63, 3.8) is 0 Å². The summed E-state index contributed by atoms with van der Waals surface area (Å²) in [6.45, 7) is 5.34. The Labute approximate surface area is 151 Å². The van der Waals surface area contributed by atoms with Crippen LogP contribution in [0.25, 0.3) is 11.4 Å². The minimum absolute atomic E-state index is 0.131. The number of piperidine rings is 1. The van der Waals surface area contributed by atoms with E-state index in [4.69, 9.17) is 16.1 Å². The maximum atomic E-state index is 12.6. The van der Waals surface area contributed by atoms with Gasteiger partial charge in [-0.1, -0.05) is 5.16 Å². The number of alkyl halides is 1. The van der Waals surface area contributed by atoms with E-state index in [9.17, 15) is 4.79 Å². The Hall–Kier alpha value is -1.40. The molecule has 7 heteroatoms. The molecule has 0 bridgehead atoms. The largest absolute Gasteiger partial charge is 0.342 e. The van der Waals surface area contributed by atoms with Crippen LogP contribution in [0.5, 0.6) is 0 Å². The molecule has 2 aromatic rings. The third kappa shape index (κ3) is 3.81. The van der Waals surface area contributed by atoms with Crippen LogP contribution in [0.4, 0.5) is 0 Å². The Kier molecular flexibility index (Phi) is 5.25. The van der Waals surface area contributed by atoms with E-state index in [2.05, 4.69) is 10.1 Å². The number of rotatable bonds is 5. The summed E-state index contributed by atoms with van der Waals surface area (Å²) in [6.07, 6.45) is 2.78. The normalized spacial score (nSPS) is 18.8. The van der Waals surface area contributed by atoms with Crippen molar-refractivity contribution in [3.8, 4) is 11.4 Å². The monoisotopic (exact) mass is 367 g/mol. The number of carbonyl (C=O) groups is 1. The molecule has 0 aromatic carbocycles. The molecule has 3 rings (SSSR count). The van der Waals surface area contributed by atoms with Gasteiger partial charge >= 0.3 is 0 Å². The maximum absolute atomic E-state index is 12.6. The molecule has 2 aromatic heterocycles. The SMILES string of the molecule is CC(C)(CCl)C(=O)N1CCCC(Cc2nc(-c3ccsc3)no2)C1. The first-order chi connectivity index (χ1) is 11.5. The molecule has 0 radical (unpaired) electrons. The molecule has 1 saturated heterocycles. The molecule has 1 amide bonds. The lowest BCUT2D eigenvalue weighted by atomic mass is 9.90. The first-order valence-electron chi connectivity index (χ1n) is 8.20. The predicted molar refractivity (Wildman–Crippen MR) is 95.1 cm³/mol. The van der Waals surface area contributed by atoms with Gasteiger partial charge in [-0.05, 0) is 44.1 Å². The number of carbonyl (C=O) groups excluding carboxylic acids is 1. The lowest BCUT2D eigenvalue weighted by molar-refractivity contribution is -0.141. The van der Waals surface area contributed by atoms with E-state index < -0.39 is 5.41 Å². The van der Waals surface area contributed by atoms with Crippen molar-refractivity contribution in [1.82, 2.24) is 15.0 Å². The topological polar surface area (TPSA) is 59.2 Å². The molecular formula is C17H22ClN3O2S. The standard InChI is InChI=1S/C17H22ClN3O2S/c1-17(2,11-18)16(22)21-6-3-4-12(9-21)8-14-19-15(20-23-14)13-5-7-24-10-13/h5,7,10,12H,3-4,6,8-9,11H2,1-2H3. The van der Waals surface area contributed by atoms with Gasteiger partial charge in [0, 0.05) is 36.3 Å². The van der Waals surface area contributed by atoms with E-state index in [0.29, 0.717) is 29.9 Å². The molecule has 0 spiro atoms. The second-order valence-electron chi connectivity index (χ2n) is 7.00. The molecule has 1 fully saturated rings. The second-order valence-corrected chi connectivity index (χ2v) is 8.05. The Morgan fingerprint density at radius 3 is 3.08 bits per heavy atom. The smallest absolute Gasteiger partial charge is 0.229 e. The number of thiophene rings is 1. The average Bonchev–Trinajstić information content (AvgIpc) is 3.25. The van der Waals surface area contributed by atoms with Gasteiger partial charge in [0.25, 0.3) is 0 Å². The number of amides is 1. The number of halogens is 1. The fourth-order valence-corrected chi connectivity index (χ4v) is 3.74. The molecule has 130 valence electrons. The van der Waals surface area contributed by atoms with Crippen LogP contribution in [0.15, 0.2) is 21.3 Å². The summed E-state index contributed by atoms with van der Waals surface area (Å²) in [6, 6.07) is 1.98. The van der Waals surface area contributed by atoms with Crippen molar-refractivity contribution in [2.75, 3.05) is 19.0 Å². The summed E-state index contributed by atoms with van der Waals surface area (Å²) in [4.78, 5) is 19.0. The van der Waals surface area contributed by atoms with Gasteiger partial charge in [-0.3, -0.25) is 4.79 Å². The molecule has 0 N–H and O–H groups in total. The quantitative estimate of drug-likeness (QED) is 0.753. The summed E-state index contributed by atoms with van der Waals surface area (Å²) in [5, 5.41) is 8.05. The van der Waals surface area contributed by atoms with Crippen LogP contribution in [0.3, 0.4) is 0 Å². The Morgan fingerprint density at radius 2 is 2.38 bits per heavy atom. The fourth-order valence-electron chi connectivity index (χ4n) is 3.00. The van der Waals surface area contributed by atoms with Gasteiger partial charge in [-0.2, -0.15) is 16.3 Å². The minimum Gasteiger partial charge on any atom is -0.342 e. The van der Waals surface area contributed by atoms with Crippen LogP contribution < -0.4 is 0 Å². The van der Waals surface area contributed by atoms with Crippen molar-refractivity contribution in [3.05, 3.63) is 22.7 Å². The van der Waals surface area contributed by atoms with E-state index >= 15 is 0 Å². The Balaban J connectivity index is 1.63. The van der Waals surface area contributed by atoms with Crippen LogP contribution in [0.1, 0.15) is 32.6 Å². The zero-order chi connectivity index (χ0) is 17.2. The number of nitrogens with zero attached hydrogens (tertiary/aromatic N) is 3. The van der Waals surface area contributed by atoms with Crippen LogP contribution in [0, 0.1) is 11.3 Å². The molecule has 1 aliphatic rings. The number of hydrogen-bond donors (Lipinski definition) is 0. The fraction of sp³-hybridized carbons (Fsp3) is 0.588. The zero-order valence-electron chi connectivity index (χ0n) is 14.0. The highest BCUT2D eigenvalue weighted by Crippen LogP contribution is 2.27. The first kappa shape index (κ1) is 17.4. The van der Waals surface area contributed by atoms with Crippen LogP contribution in [-0.2, 0) is 11.2 Å². The summed E-state index contributed by atoms with van der Waals surface area (Å²) >= 11 is 7.56. The molecule has 0 aliphatic carbocycles. The lowest BCUT2D eigenvalue weighted by Crippen LogP contribution is -2.47. The van der Waals surface area contributed by atoms with Gasteiger partial charge in [-0.15, -0.1) is 11.6 Å². The zero-order valence-corrected chi connectivity index (χ0v) is 15.6. The molecule has 1 atom stereocenters. The minimum atomic E-state index is -0.514. The summed E-state index contributed by atoms with van der Waals surface area (Å²) in [5.41, 5.74) is 0.472. The van der Waals surface area contributed by atoms with Crippen molar-refractivity contribution < 1.29 is 9.32 Å². The maximum Gasteiger partial charge on any atom is 0.229 e. The molecular weight excluding hydrogens is 346 g/mol. The second kappa shape index (κ2) is 7.23.